The molecule has 1 aliphatic heterocycles. The summed E-state index contributed by atoms with van der Waals surface area (Å²) in [6.45, 7) is 8.74. The smallest absolute Gasteiger partial charge is 0.234 e. The van der Waals surface area contributed by atoms with Gasteiger partial charge in [-0.15, -0.1) is 6.58 Å². The van der Waals surface area contributed by atoms with Crippen LogP contribution in [0.3, 0.4) is 0 Å². The fourth-order valence-electron chi connectivity index (χ4n) is 1.71. The highest BCUT2D eigenvalue weighted by molar-refractivity contribution is 5.77. The molecule has 86 valence electrons. The second-order valence-electron chi connectivity index (χ2n) is 3.82. The maximum absolute atomic E-state index is 11.3. The van der Waals surface area contributed by atoms with Crippen LogP contribution in [0.4, 0.5) is 0 Å². The molecule has 1 rings (SSSR count). The molecule has 0 aromatic rings. The van der Waals surface area contributed by atoms with Gasteiger partial charge in [0, 0.05) is 19.6 Å². The summed E-state index contributed by atoms with van der Waals surface area (Å²) in [6.07, 6.45) is 4.35. The molecule has 0 aliphatic carbocycles. The van der Waals surface area contributed by atoms with Crippen LogP contribution in [0.1, 0.15) is 12.8 Å². The lowest BCUT2D eigenvalue weighted by molar-refractivity contribution is -0.120. The molecule has 4 nitrogen and oxygen atoms in total. The summed E-state index contributed by atoms with van der Waals surface area (Å²) >= 11 is 0. The topological polar surface area (TPSA) is 44.4 Å². The molecule has 1 fully saturated rings. The average Bonchev–Trinajstić information content (AvgIpc) is 2.71. The Morgan fingerprint density at radius 1 is 1.40 bits per heavy atom. The van der Waals surface area contributed by atoms with Gasteiger partial charge in [-0.2, -0.15) is 0 Å². The summed E-state index contributed by atoms with van der Waals surface area (Å²) in [5, 5.41) is 5.86. The van der Waals surface area contributed by atoms with Crippen molar-refractivity contribution in [2.45, 2.75) is 12.8 Å². The number of amides is 1. The van der Waals surface area contributed by atoms with Crippen molar-refractivity contribution >= 4 is 5.91 Å². The second kappa shape index (κ2) is 7.43. The number of rotatable bonds is 7. The van der Waals surface area contributed by atoms with Crippen LogP contribution in [0.25, 0.3) is 0 Å². The number of carbonyl (C=O) groups is 1. The zero-order chi connectivity index (χ0) is 10.9. The van der Waals surface area contributed by atoms with E-state index >= 15 is 0 Å². The number of nitrogens with one attached hydrogen (secondary N) is 2. The third-order valence-electron chi connectivity index (χ3n) is 2.52. The van der Waals surface area contributed by atoms with Gasteiger partial charge in [0.05, 0.1) is 6.54 Å². The fourth-order valence-corrected chi connectivity index (χ4v) is 1.71. The van der Waals surface area contributed by atoms with Crippen molar-refractivity contribution in [3.05, 3.63) is 12.7 Å². The van der Waals surface area contributed by atoms with E-state index in [4.69, 9.17) is 0 Å². The standard InChI is InChI=1S/C11H21N3O/c1-2-5-12-10-11(15)13-6-9-14-7-3-4-8-14/h2,12H,1,3-10H2,(H,13,15). The van der Waals surface area contributed by atoms with Gasteiger partial charge in [0.25, 0.3) is 0 Å². The average molecular weight is 211 g/mol. The maximum atomic E-state index is 11.3. The highest BCUT2D eigenvalue weighted by Gasteiger charge is 2.10. The van der Waals surface area contributed by atoms with Crippen molar-refractivity contribution in [3.63, 3.8) is 0 Å². The van der Waals surface area contributed by atoms with Crippen LogP contribution in [0.5, 0.6) is 0 Å². The first-order valence-corrected chi connectivity index (χ1v) is 5.63. The van der Waals surface area contributed by atoms with Crippen molar-refractivity contribution < 1.29 is 4.79 Å². The van der Waals surface area contributed by atoms with Crippen molar-refractivity contribution in [3.8, 4) is 0 Å². The first kappa shape index (κ1) is 12.2. The minimum atomic E-state index is 0.0658. The molecule has 4 heteroatoms. The highest BCUT2D eigenvalue weighted by atomic mass is 16.1. The first-order chi connectivity index (χ1) is 7.33. The summed E-state index contributed by atoms with van der Waals surface area (Å²) < 4.78 is 0. The zero-order valence-electron chi connectivity index (χ0n) is 9.30. The molecular formula is C11H21N3O. The summed E-state index contributed by atoms with van der Waals surface area (Å²) in [5.41, 5.74) is 0. The molecule has 0 aromatic heterocycles. The van der Waals surface area contributed by atoms with Crippen LogP contribution in [-0.2, 0) is 4.79 Å². The van der Waals surface area contributed by atoms with Gasteiger partial charge >= 0.3 is 0 Å². The van der Waals surface area contributed by atoms with E-state index in [0.717, 1.165) is 13.1 Å². The minimum absolute atomic E-state index is 0.0658. The molecule has 15 heavy (non-hydrogen) atoms. The molecule has 2 N–H and O–H groups in total. The summed E-state index contributed by atoms with van der Waals surface area (Å²) in [6, 6.07) is 0. The van der Waals surface area contributed by atoms with E-state index in [9.17, 15) is 4.79 Å². The molecule has 0 spiro atoms. The number of hydrogen-bond acceptors (Lipinski definition) is 3. The number of carbonyl (C=O) groups excluding carboxylic acids is 1. The Morgan fingerprint density at radius 3 is 2.80 bits per heavy atom. The van der Waals surface area contributed by atoms with Gasteiger partial charge in [0.2, 0.25) is 5.91 Å². The highest BCUT2D eigenvalue weighted by Crippen LogP contribution is 2.05. The van der Waals surface area contributed by atoms with Crippen molar-refractivity contribution in [2.24, 2.45) is 0 Å². The molecule has 0 aromatic carbocycles. The molecule has 1 amide bonds. The molecule has 1 saturated heterocycles. The largest absolute Gasteiger partial charge is 0.354 e. The summed E-state index contributed by atoms with van der Waals surface area (Å²) in [7, 11) is 0. The van der Waals surface area contributed by atoms with Gasteiger partial charge in [-0.3, -0.25) is 4.79 Å². The molecule has 0 saturated carbocycles. The molecule has 0 unspecified atom stereocenters. The van der Waals surface area contributed by atoms with Crippen LogP contribution >= 0.6 is 0 Å². The van der Waals surface area contributed by atoms with Gasteiger partial charge < -0.3 is 15.5 Å². The predicted octanol–water partition coefficient (Wildman–Crippen LogP) is -0.0260. The predicted molar refractivity (Wildman–Crippen MR) is 61.8 cm³/mol. The number of nitrogens with zero attached hydrogens (tertiary/aromatic N) is 1. The van der Waals surface area contributed by atoms with Crippen molar-refractivity contribution in [1.29, 1.82) is 0 Å². The Bertz CT molecular complexity index is 200. The summed E-state index contributed by atoms with van der Waals surface area (Å²) in [4.78, 5) is 13.7. The van der Waals surface area contributed by atoms with E-state index in [2.05, 4.69) is 22.1 Å². The Morgan fingerprint density at radius 2 is 2.13 bits per heavy atom. The quantitative estimate of drug-likeness (QED) is 0.459. The van der Waals surface area contributed by atoms with E-state index in [-0.39, 0.29) is 5.91 Å². The van der Waals surface area contributed by atoms with Crippen LogP contribution in [-0.4, -0.2) is 50.1 Å². The van der Waals surface area contributed by atoms with Gasteiger partial charge in [-0.05, 0) is 25.9 Å². The second-order valence-corrected chi connectivity index (χ2v) is 3.82. The molecular weight excluding hydrogens is 190 g/mol. The van der Waals surface area contributed by atoms with E-state index in [1.54, 1.807) is 6.08 Å². The number of likely N-dealkylation sites (tertiary alicyclic amines) is 1. The summed E-state index contributed by atoms with van der Waals surface area (Å²) in [5.74, 6) is 0.0658. The maximum Gasteiger partial charge on any atom is 0.234 e. The minimum Gasteiger partial charge on any atom is -0.354 e. The van der Waals surface area contributed by atoms with E-state index in [0.29, 0.717) is 13.1 Å². The lowest BCUT2D eigenvalue weighted by Gasteiger charge is -2.14. The van der Waals surface area contributed by atoms with Gasteiger partial charge in [0.15, 0.2) is 0 Å². The monoisotopic (exact) mass is 211 g/mol. The fraction of sp³-hybridized carbons (Fsp3) is 0.727. The van der Waals surface area contributed by atoms with Crippen LogP contribution in [0.15, 0.2) is 12.7 Å². The molecule has 0 atom stereocenters. The first-order valence-electron chi connectivity index (χ1n) is 5.63. The van der Waals surface area contributed by atoms with Crippen LogP contribution in [0.2, 0.25) is 0 Å². The third kappa shape index (κ3) is 5.54. The lowest BCUT2D eigenvalue weighted by Crippen LogP contribution is -2.38. The van der Waals surface area contributed by atoms with E-state index < -0.39 is 0 Å². The van der Waals surface area contributed by atoms with E-state index in [1.807, 2.05) is 0 Å². The van der Waals surface area contributed by atoms with Crippen molar-refractivity contribution in [2.75, 3.05) is 39.3 Å². The Hall–Kier alpha value is -0.870. The van der Waals surface area contributed by atoms with E-state index in [1.165, 1.54) is 25.9 Å². The van der Waals surface area contributed by atoms with Gasteiger partial charge in [0.1, 0.15) is 0 Å². The van der Waals surface area contributed by atoms with Gasteiger partial charge in [-0.1, -0.05) is 6.08 Å². The van der Waals surface area contributed by atoms with Gasteiger partial charge in [-0.25, -0.2) is 0 Å². The SMILES string of the molecule is C=CCNCC(=O)NCCN1CCCC1. The molecule has 1 aliphatic rings. The Balaban J connectivity index is 1.93. The van der Waals surface area contributed by atoms with Crippen LogP contribution in [0, 0.1) is 0 Å². The Labute approximate surface area is 91.7 Å². The third-order valence-corrected chi connectivity index (χ3v) is 2.52. The normalized spacial score (nSPS) is 16.5. The van der Waals surface area contributed by atoms with Crippen molar-refractivity contribution in [1.82, 2.24) is 15.5 Å². The molecule has 0 bridgehead atoms. The lowest BCUT2D eigenvalue weighted by atomic mass is 10.4. The molecule has 0 radical (unpaired) electrons. The zero-order valence-corrected chi connectivity index (χ0v) is 9.30. The Kier molecular flexibility index (Phi) is 6.04. The molecule has 1 heterocycles. The number of hydrogen-bond donors (Lipinski definition) is 2. The van der Waals surface area contributed by atoms with Crippen LogP contribution < -0.4 is 10.6 Å².